The molecule has 7 heteroatoms. The number of nitrogens with two attached hydrogens (primary N) is 1. The van der Waals surface area contributed by atoms with Crippen molar-refractivity contribution in [3.05, 3.63) is 59.9 Å². The van der Waals surface area contributed by atoms with E-state index >= 15 is 0 Å². The van der Waals surface area contributed by atoms with Crippen LogP contribution in [0.3, 0.4) is 0 Å². The zero-order valence-electron chi connectivity index (χ0n) is 18.1. The Morgan fingerprint density at radius 3 is 2.62 bits per heavy atom. The van der Waals surface area contributed by atoms with Crippen LogP contribution in [0.5, 0.6) is 5.75 Å². The molecule has 3 saturated carbocycles. The van der Waals surface area contributed by atoms with Gasteiger partial charge in [-0.2, -0.15) is 5.26 Å². The van der Waals surface area contributed by atoms with Crippen LogP contribution in [0, 0.1) is 22.6 Å². The molecule has 0 aliphatic heterocycles. The van der Waals surface area contributed by atoms with Crippen LogP contribution in [-0.2, 0) is 0 Å². The minimum atomic E-state index is -0.545. The highest BCUT2D eigenvalue weighted by atomic mass is 19.1. The van der Waals surface area contributed by atoms with Crippen LogP contribution >= 0.6 is 0 Å². The van der Waals surface area contributed by atoms with Gasteiger partial charge in [0.05, 0.1) is 24.1 Å². The highest BCUT2D eigenvalue weighted by Crippen LogP contribution is 2.56. The fraction of sp³-hybridized carbons (Fsp3) is 0.360. The molecule has 164 valence electrons. The van der Waals surface area contributed by atoms with Crippen LogP contribution in [0.1, 0.15) is 37.7 Å². The molecule has 3 aliphatic rings. The van der Waals surface area contributed by atoms with Gasteiger partial charge in [0, 0.05) is 23.7 Å². The minimum Gasteiger partial charge on any atom is -0.497 e. The van der Waals surface area contributed by atoms with Crippen LogP contribution in [0.2, 0.25) is 0 Å². The number of aromatic nitrogens is 2. The van der Waals surface area contributed by atoms with Crippen molar-refractivity contribution in [1.29, 1.82) is 5.26 Å². The topological polar surface area (TPSA) is 88.9 Å². The summed E-state index contributed by atoms with van der Waals surface area (Å²) in [6, 6.07) is 16.0. The maximum absolute atomic E-state index is 14.4. The lowest BCUT2D eigenvalue weighted by atomic mass is 9.50. The first-order chi connectivity index (χ1) is 15.4. The van der Waals surface area contributed by atoms with E-state index in [9.17, 15) is 4.39 Å². The fourth-order valence-corrected chi connectivity index (χ4v) is 5.46. The van der Waals surface area contributed by atoms with E-state index in [0.717, 1.165) is 48.8 Å². The standard InChI is InChI=1S/C25H26FN5O/c1-32-20-7-5-19(6-8-20)31-22(17-3-4-18(13-27)21(26)11-17)12-23(30-31)29-16-24-9-2-10-25(28,14-24)15-24/h3-8,11-12H,2,9-10,14-16,28H2,1H3,(H,29,30). The van der Waals surface area contributed by atoms with Crippen LogP contribution < -0.4 is 15.8 Å². The van der Waals surface area contributed by atoms with Gasteiger partial charge in [0.15, 0.2) is 0 Å². The van der Waals surface area contributed by atoms with Gasteiger partial charge in [-0.15, -0.1) is 5.10 Å². The van der Waals surface area contributed by atoms with Crippen molar-refractivity contribution in [2.45, 2.75) is 37.6 Å². The molecule has 3 N–H and O–H groups in total. The second-order valence-electron chi connectivity index (χ2n) is 9.25. The molecule has 2 bridgehead atoms. The molecule has 32 heavy (non-hydrogen) atoms. The average molecular weight is 432 g/mol. The summed E-state index contributed by atoms with van der Waals surface area (Å²) in [5.74, 6) is 0.934. The van der Waals surface area contributed by atoms with Crippen molar-refractivity contribution in [1.82, 2.24) is 9.78 Å². The molecule has 3 aliphatic carbocycles. The van der Waals surface area contributed by atoms with Gasteiger partial charge in [-0.3, -0.25) is 0 Å². The number of nitriles is 1. The summed E-state index contributed by atoms with van der Waals surface area (Å²) in [7, 11) is 1.62. The van der Waals surface area contributed by atoms with E-state index in [1.165, 1.54) is 25.0 Å². The zero-order valence-corrected chi connectivity index (χ0v) is 18.1. The quantitative estimate of drug-likeness (QED) is 0.594. The zero-order chi connectivity index (χ0) is 22.3. The molecule has 0 spiro atoms. The Hall–Kier alpha value is -3.37. The Morgan fingerprint density at radius 2 is 1.97 bits per heavy atom. The smallest absolute Gasteiger partial charge is 0.149 e. The van der Waals surface area contributed by atoms with Crippen molar-refractivity contribution < 1.29 is 9.13 Å². The molecule has 6 rings (SSSR count). The molecule has 0 unspecified atom stereocenters. The normalized spacial score (nSPS) is 23.8. The van der Waals surface area contributed by atoms with Crippen LogP contribution in [-0.4, -0.2) is 29.0 Å². The Morgan fingerprint density at radius 1 is 1.19 bits per heavy atom. The highest BCUT2D eigenvalue weighted by Gasteiger charge is 2.54. The van der Waals surface area contributed by atoms with Crippen molar-refractivity contribution >= 4 is 5.82 Å². The van der Waals surface area contributed by atoms with Crippen molar-refractivity contribution in [2.75, 3.05) is 19.0 Å². The number of halogens is 1. The lowest BCUT2D eigenvalue weighted by molar-refractivity contribution is -0.0177. The minimum absolute atomic E-state index is 0.0214. The molecule has 1 heterocycles. The summed E-state index contributed by atoms with van der Waals surface area (Å²) in [4.78, 5) is 0. The molecule has 2 aromatic carbocycles. The summed E-state index contributed by atoms with van der Waals surface area (Å²) in [5, 5.41) is 17.4. The number of hydrogen-bond acceptors (Lipinski definition) is 5. The first-order valence-corrected chi connectivity index (χ1v) is 10.9. The summed E-state index contributed by atoms with van der Waals surface area (Å²) < 4.78 is 21.4. The van der Waals surface area contributed by atoms with Crippen LogP contribution in [0.15, 0.2) is 48.5 Å². The van der Waals surface area contributed by atoms with E-state index in [-0.39, 0.29) is 16.5 Å². The molecule has 3 aromatic rings. The van der Waals surface area contributed by atoms with Gasteiger partial charge in [0.25, 0.3) is 0 Å². The largest absolute Gasteiger partial charge is 0.497 e. The third kappa shape index (κ3) is 3.61. The number of rotatable bonds is 6. The molecular weight excluding hydrogens is 405 g/mol. The second-order valence-corrected chi connectivity index (χ2v) is 9.25. The molecule has 0 radical (unpaired) electrons. The van der Waals surface area contributed by atoms with Gasteiger partial charge in [0.1, 0.15) is 23.5 Å². The second kappa shape index (κ2) is 7.64. The number of anilines is 1. The molecule has 0 atom stereocenters. The Kier molecular flexibility index (Phi) is 4.90. The number of nitrogens with zero attached hydrogens (tertiary/aromatic N) is 3. The number of hydrogen-bond donors (Lipinski definition) is 2. The predicted molar refractivity (Wildman–Crippen MR) is 121 cm³/mol. The Bertz CT molecular complexity index is 1190. The summed E-state index contributed by atoms with van der Waals surface area (Å²) in [6.45, 7) is 0.826. The molecule has 1 aromatic heterocycles. The fourth-order valence-electron chi connectivity index (χ4n) is 5.46. The van der Waals surface area contributed by atoms with E-state index in [1.54, 1.807) is 17.9 Å². The maximum Gasteiger partial charge on any atom is 0.149 e. The van der Waals surface area contributed by atoms with Gasteiger partial charge in [-0.1, -0.05) is 12.5 Å². The van der Waals surface area contributed by atoms with E-state index in [2.05, 4.69) is 5.32 Å². The van der Waals surface area contributed by atoms with Crippen LogP contribution in [0.25, 0.3) is 16.9 Å². The maximum atomic E-state index is 14.4. The number of fused-ring (bicyclic) bond motifs is 2. The van der Waals surface area contributed by atoms with Gasteiger partial charge in [0.2, 0.25) is 0 Å². The Labute approximate surface area is 186 Å². The lowest BCUT2D eigenvalue weighted by Gasteiger charge is -2.59. The third-order valence-corrected chi connectivity index (χ3v) is 6.89. The first kappa shape index (κ1) is 20.5. The lowest BCUT2D eigenvalue weighted by Crippen LogP contribution is -2.63. The molecule has 0 saturated heterocycles. The SMILES string of the molecule is COc1ccc(-n2nc(NCC34CCCC(N)(C3)C4)cc2-c2ccc(C#N)c(F)c2)cc1. The van der Waals surface area contributed by atoms with E-state index in [0.29, 0.717) is 5.56 Å². The van der Waals surface area contributed by atoms with Gasteiger partial charge < -0.3 is 15.8 Å². The molecule has 6 nitrogen and oxygen atoms in total. The van der Waals surface area contributed by atoms with Gasteiger partial charge in [-0.05, 0) is 67.5 Å². The van der Waals surface area contributed by atoms with Gasteiger partial charge >= 0.3 is 0 Å². The van der Waals surface area contributed by atoms with Crippen molar-refractivity contribution in [3.8, 4) is 28.8 Å². The number of ether oxygens (including phenoxy) is 1. The Balaban J connectivity index is 1.47. The van der Waals surface area contributed by atoms with Crippen LogP contribution in [0.4, 0.5) is 10.2 Å². The monoisotopic (exact) mass is 431 g/mol. The number of benzene rings is 2. The number of nitrogens with one attached hydrogen (secondary N) is 1. The molecule has 0 amide bonds. The summed E-state index contributed by atoms with van der Waals surface area (Å²) in [5.41, 5.74) is 8.94. The first-order valence-electron chi connectivity index (χ1n) is 10.9. The molecule has 3 fully saturated rings. The van der Waals surface area contributed by atoms with E-state index in [1.807, 2.05) is 36.4 Å². The summed E-state index contributed by atoms with van der Waals surface area (Å²) >= 11 is 0. The highest BCUT2D eigenvalue weighted by molar-refractivity contribution is 5.67. The predicted octanol–water partition coefficient (Wildman–Crippen LogP) is 4.63. The number of methoxy groups -OCH3 is 1. The van der Waals surface area contributed by atoms with Crippen molar-refractivity contribution in [3.63, 3.8) is 0 Å². The van der Waals surface area contributed by atoms with Gasteiger partial charge in [-0.25, -0.2) is 9.07 Å². The molecular formula is C25H26FN5O. The van der Waals surface area contributed by atoms with Crippen molar-refractivity contribution in [2.24, 2.45) is 11.1 Å². The third-order valence-electron chi connectivity index (χ3n) is 6.89. The van der Waals surface area contributed by atoms with E-state index < -0.39 is 5.82 Å². The van der Waals surface area contributed by atoms with E-state index in [4.69, 9.17) is 20.8 Å². The summed E-state index contributed by atoms with van der Waals surface area (Å²) in [6.07, 6.45) is 5.59. The average Bonchev–Trinajstić information content (AvgIpc) is 3.21.